The molecule has 3 nitrogen and oxygen atoms in total. The number of halogens is 1. The molecule has 0 aromatic heterocycles. The average Bonchev–Trinajstić information content (AvgIpc) is 1.86. The van der Waals surface area contributed by atoms with Crippen molar-refractivity contribution in [3.05, 3.63) is 0 Å². The van der Waals surface area contributed by atoms with Crippen LogP contribution in [-0.4, -0.2) is 24.5 Å². The van der Waals surface area contributed by atoms with E-state index in [1.165, 1.54) is 0 Å². The smallest absolute Gasteiger partial charge is 0.211 e. The lowest BCUT2D eigenvalue weighted by Crippen LogP contribution is -2.23. The molecule has 0 spiro atoms. The molecule has 0 aromatic rings. The fourth-order valence-corrected chi connectivity index (χ4v) is 1.87. The molecule has 0 atom stereocenters. The Bertz CT molecular complexity index is 178. The van der Waals surface area contributed by atoms with Crippen molar-refractivity contribution >= 4 is 21.8 Å². The maximum atomic E-state index is 11.0. The van der Waals surface area contributed by atoms with Crippen LogP contribution in [0.5, 0.6) is 0 Å². The lowest BCUT2D eigenvalue weighted by Gasteiger charge is -2.09. The van der Waals surface area contributed by atoms with Crippen LogP contribution >= 0.6 is 11.8 Å². The fourth-order valence-electron chi connectivity index (χ4n) is 0.554. The second-order valence-corrected chi connectivity index (χ2v) is 4.54. The topological polar surface area (TPSA) is 37.4 Å². The van der Waals surface area contributed by atoms with Gasteiger partial charge in [0.15, 0.2) is 0 Å². The van der Waals surface area contributed by atoms with Gasteiger partial charge in [-0.15, -0.1) is 3.82 Å². The molecule has 0 N–H and O–H groups in total. The summed E-state index contributed by atoms with van der Waals surface area (Å²) < 4.78 is 22.8. The van der Waals surface area contributed by atoms with E-state index in [9.17, 15) is 8.42 Å². The third-order valence-electron chi connectivity index (χ3n) is 1.01. The molecule has 0 saturated heterocycles. The molecule has 0 aromatic carbocycles. The molecule has 0 aliphatic rings. The number of rotatable bonds is 4. The van der Waals surface area contributed by atoms with Gasteiger partial charge >= 0.3 is 0 Å². The molecule has 0 unspecified atom stereocenters. The SMILES string of the molecule is CCCS(=O)(=O)N(Cl)CC. The van der Waals surface area contributed by atoms with Gasteiger partial charge in [-0.1, -0.05) is 6.92 Å². The van der Waals surface area contributed by atoms with Crippen LogP contribution in [0.4, 0.5) is 0 Å². The number of nitrogens with zero attached hydrogens (tertiary/aromatic N) is 1. The van der Waals surface area contributed by atoms with Crippen molar-refractivity contribution in [1.29, 1.82) is 0 Å². The van der Waals surface area contributed by atoms with Crippen LogP contribution < -0.4 is 0 Å². The molecule has 5 heteroatoms. The van der Waals surface area contributed by atoms with Crippen LogP contribution in [0.3, 0.4) is 0 Å². The predicted molar refractivity (Wildman–Crippen MR) is 42.3 cm³/mol. The standard InChI is InChI=1S/C5H12ClNO2S/c1-3-5-10(8,9)7(6)4-2/h3-5H2,1-2H3. The van der Waals surface area contributed by atoms with Crippen LogP contribution in [0, 0.1) is 0 Å². The summed E-state index contributed by atoms with van der Waals surface area (Å²) in [6.45, 7) is 3.82. The molecule has 0 fully saturated rings. The highest BCUT2D eigenvalue weighted by Crippen LogP contribution is 2.05. The summed E-state index contributed by atoms with van der Waals surface area (Å²) in [5, 5.41) is 0. The Morgan fingerprint density at radius 3 is 2.20 bits per heavy atom. The Hall–Kier alpha value is 0.200. The van der Waals surface area contributed by atoms with Gasteiger partial charge in [0.25, 0.3) is 0 Å². The number of hydrogen-bond acceptors (Lipinski definition) is 2. The minimum absolute atomic E-state index is 0.129. The summed E-state index contributed by atoms with van der Waals surface area (Å²) in [5.41, 5.74) is 0. The Balaban J connectivity index is 4.12. The highest BCUT2D eigenvalue weighted by Gasteiger charge is 2.15. The van der Waals surface area contributed by atoms with E-state index in [-0.39, 0.29) is 5.75 Å². The fraction of sp³-hybridized carbons (Fsp3) is 1.00. The number of sulfonamides is 1. The second-order valence-electron chi connectivity index (χ2n) is 1.92. The molecule has 0 aliphatic carbocycles. The summed E-state index contributed by atoms with van der Waals surface area (Å²) in [7, 11) is -3.16. The molecule has 0 rings (SSSR count). The Kier molecular flexibility index (Phi) is 4.24. The van der Waals surface area contributed by atoms with Crippen LogP contribution in [0.25, 0.3) is 0 Å². The van der Waals surface area contributed by atoms with E-state index < -0.39 is 10.0 Å². The Labute approximate surface area is 67.1 Å². The van der Waals surface area contributed by atoms with Crippen LogP contribution in [0.15, 0.2) is 0 Å². The van der Waals surface area contributed by atoms with Crippen LogP contribution in [0.1, 0.15) is 20.3 Å². The summed E-state index contributed by atoms with van der Waals surface area (Å²) in [4.78, 5) is 0. The van der Waals surface area contributed by atoms with Gasteiger partial charge < -0.3 is 0 Å². The minimum Gasteiger partial charge on any atom is -0.211 e. The summed E-state index contributed by atoms with van der Waals surface area (Å²) >= 11 is 5.38. The summed E-state index contributed by atoms with van der Waals surface area (Å²) in [6, 6.07) is 0. The van der Waals surface area contributed by atoms with Crippen LogP contribution in [0.2, 0.25) is 0 Å². The van der Waals surface area contributed by atoms with Crippen molar-refractivity contribution in [1.82, 2.24) is 3.82 Å². The Morgan fingerprint density at radius 1 is 1.40 bits per heavy atom. The monoisotopic (exact) mass is 185 g/mol. The predicted octanol–water partition coefficient (Wildman–Crippen LogP) is 1.20. The van der Waals surface area contributed by atoms with Crippen LogP contribution in [-0.2, 0) is 10.0 Å². The zero-order valence-electron chi connectivity index (χ0n) is 6.17. The van der Waals surface area contributed by atoms with E-state index >= 15 is 0 Å². The molecular weight excluding hydrogens is 174 g/mol. The van der Waals surface area contributed by atoms with E-state index in [2.05, 4.69) is 0 Å². The molecule has 0 radical (unpaired) electrons. The zero-order valence-corrected chi connectivity index (χ0v) is 7.74. The first-order chi connectivity index (χ1) is 4.54. The van der Waals surface area contributed by atoms with Crippen molar-refractivity contribution in [3.8, 4) is 0 Å². The zero-order chi connectivity index (χ0) is 8.20. The molecule has 62 valence electrons. The average molecular weight is 186 g/mol. The lowest BCUT2D eigenvalue weighted by atomic mass is 10.6. The first-order valence-electron chi connectivity index (χ1n) is 3.20. The highest BCUT2D eigenvalue weighted by atomic mass is 35.5. The van der Waals surface area contributed by atoms with Crippen molar-refractivity contribution in [2.24, 2.45) is 0 Å². The van der Waals surface area contributed by atoms with Crippen molar-refractivity contribution < 1.29 is 8.42 Å². The van der Waals surface area contributed by atoms with E-state index in [0.29, 0.717) is 13.0 Å². The van der Waals surface area contributed by atoms with Gasteiger partial charge in [0.2, 0.25) is 10.0 Å². The van der Waals surface area contributed by atoms with E-state index in [1.54, 1.807) is 13.8 Å². The van der Waals surface area contributed by atoms with Crippen molar-refractivity contribution in [2.75, 3.05) is 12.3 Å². The largest absolute Gasteiger partial charge is 0.227 e. The molecule has 0 bridgehead atoms. The molecular formula is C5H12ClNO2S. The first kappa shape index (κ1) is 10.2. The highest BCUT2D eigenvalue weighted by molar-refractivity contribution is 7.89. The van der Waals surface area contributed by atoms with E-state index in [1.807, 2.05) is 0 Å². The normalized spacial score (nSPS) is 12.4. The minimum atomic E-state index is -3.16. The summed E-state index contributed by atoms with van der Waals surface area (Å²) in [6.07, 6.45) is 0.603. The summed E-state index contributed by atoms with van der Waals surface area (Å²) in [5.74, 6) is 0.129. The second kappa shape index (κ2) is 4.16. The van der Waals surface area contributed by atoms with Gasteiger partial charge in [0.1, 0.15) is 0 Å². The molecule has 0 amide bonds. The third-order valence-corrected chi connectivity index (χ3v) is 3.67. The maximum Gasteiger partial charge on any atom is 0.227 e. The van der Waals surface area contributed by atoms with Gasteiger partial charge in [-0.05, 0) is 25.1 Å². The van der Waals surface area contributed by atoms with E-state index in [0.717, 1.165) is 3.82 Å². The maximum absolute atomic E-state index is 11.0. The quantitative estimate of drug-likeness (QED) is 0.618. The van der Waals surface area contributed by atoms with E-state index in [4.69, 9.17) is 11.8 Å². The van der Waals surface area contributed by atoms with Gasteiger partial charge in [0, 0.05) is 6.54 Å². The molecule has 0 saturated carbocycles. The number of hydrogen-bond donors (Lipinski definition) is 0. The Morgan fingerprint density at radius 2 is 1.90 bits per heavy atom. The molecule has 10 heavy (non-hydrogen) atoms. The lowest BCUT2D eigenvalue weighted by molar-refractivity contribution is 0.544. The van der Waals surface area contributed by atoms with Crippen molar-refractivity contribution in [2.45, 2.75) is 20.3 Å². The van der Waals surface area contributed by atoms with Gasteiger partial charge in [-0.2, -0.15) is 0 Å². The van der Waals surface area contributed by atoms with Gasteiger partial charge in [-0.25, -0.2) is 8.42 Å². The first-order valence-corrected chi connectivity index (χ1v) is 5.15. The molecule has 0 heterocycles. The van der Waals surface area contributed by atoms with Crippen molar-refractivity contribution in [3.63, 3.8) is 0 Å². The molecule has 0 aliphatic heterocycles. The third kappa shape index (κ3) is 2.86. The van der Waals surface area contributed by atoms with Gasteiger partial charge in [-0.3, -0.25) is 0 Å². The van der Waals surface area contributed by atoms with Gasteiger partial charge in [0.05, 0.1) is 5.75 Å².